The predicted molar refractivity (Wildman–Crippen MR) is 92.5 cm³/mol. The number of esters is 1. The molecule has 0 spiro atoms. The van der Waals surface area contributed by atoms with E-state index in [1.165, 1.54) is 7.11 Å². The molecular formula is C18H24N2O5. The third kappa shape index (κ3) is 4.23. The minimum absolute atomic E-state index is 0.209. The number of ether oxygens (including phenoxy) is 3. The first kappa shape index (κ1) is 18.6. The van der Waals surface area contributed by atoms with Gasteiger partial charge in [0.05, 0.1) is 32.4 Å². The Labute approximate surface area is 147 Å². The molecule has 0 saturated heterocycles. The summed E-state index contributed by atoms with van der Waals surface area (Å²) in [5.74, 6) is 0.862. The molecule has 0 aliphatic carbocycles. The van der Waals surface area contributed by atoms with E-state index in [1.807, 2.05) is 13.8 Å². The predicted octanol–water partition coefficient (Wildman–Crippen LogP) is 2.53. The molecule has 1 aromatic carbocycles. The van der Waals surface area contributed by atoms with Gasteiger partial charge < -0.3 is 24.8 Å². The molecule has 0 bridgehead atoms. The van der Waals surface area contributed by atoms with Crippen LogP contribution in [0.5, 0.6) is 11.5 Å². The number of allylic oxidation sites excluding steroid dienone is 1. The summed E-state index contributed by atoms with van der Waals surface area (Å²) in [6.07, 6.45) is 0. The summed E-state index contributed by atoms with van der Waals surface area (Å²) in [7, 11) is 3.08. The number of amides is 2. The lowest BCUT2D eigenvalue weighted by atomic mass is 9.94. The number of urea groups is 1. The van der Waals surface area contributed by atoms with Crippen LogP contribution in [0.3, 0.4) is 0 Å². The van der Waals surface area contributed by atoms with Gasteiger partial charge in [-0.25, -0.2) is 9.59 Å². The van der Waals surface area contributed by atoms with Crippen LogP contribution in [0, 0.1) is 5.92 Å². The summed E-state index contributed by atoms with van der Waals surface area (Å²) >= 11 is 0. The van der Waals surface area contributed by atoms with Crippen molar-refractivity contribution in [1.29, 1.82) is 0 Å². The van der Waals surface area contributed by atoms with E-state index in [0.29, 0.717) is 34.9 Å². The van der Waals surface area contributed by atoms with E-state index in [9.17, 15) is 9.59 Å². The second-order valence-electron chi connectivity index (χ2n) is 6.17. The lowest BCUT2D eigenvalue weighted by Gasteiger charge is -2.29. The van der Waals surface area contributed by atoms with E-state index in [4.69, 9.17) is 14.2 Å². The highest BCUT2D eigenvalue weighted by atomic mass is 16.5. The lowest BCUT2D eigenvalue weighted by Crippen LogP contribution is -2.45. The number of carbonyl (C=O) groups excluding carboxylic acids is 2. The molecule has 2 amide bonds. The molecule has 7 nitrogen and oxygen atoms in total. The Kier molecular flexibility index (Phi) is 5.90. The molecule has 1 unspecified atom stereocenters. The van der Waals surface area contributed by atoms with Crippen LogP contribution in [-0.2, 0) is 9.53 Å². The van der Waals surface area contributed by atoms with Crippen LogP contribution in [0.25, 0.3) is 0 Å². The minimum Gasteiger partial charge on any atom is -0.497 e. The number of nitrogens with one attached hydrogen (secondary N) is 2. The van der Waals surface area contributed by atoms with Gasteiger partial charge in [0.2, 0.25) is 0 Å². The number of hydrogen-bond donors (Lipinski definition) is 2. The number of methoxy groups -OCH3 is 2. The van der Waals surface area contributed by atoms with Crippen LogP contribution in [0.15, 0.2) is 29.5 Å². The average Bonchev–Trinajstić information content (AvgIpc) is 2.58. The molecule has 0 radical (unpaired) electrons. The summed E-state index contributed by atoms with van der Waals surface area (Å²) in [6.45, 7) is 5.88. The molecular weight excluding hydrogens is 324 g/mol. The zero-order valence-corrected chi connectivity index (χ0v) is 15.1. The van der Waals surface area contributed by atoms with Gasteiger partial charge in [-0.05, 0) is 31.0 Å². The van der Waals surface area contributed by atoms with Crippen LogP contribution in [0.4, 0.5) is 4.79 Å². The Balaban J connectivity index is 2.47. The van der Waals surface area contributed by atoms with Gasteiger partial charge in [0.1, 0.15) is 11.5 Å². The molecule has 1 aliphatic heterocycles. The van der Waals surface area contributed by atoms with Gasteiger partial charge in [-0.15, -0.1) is 0 Å². The number of carbonyl (C=O) groups is 2. The molecule has 1 heterocycles. The first-order valence-corrected chi connectivity index (χ1v) is 8.04. The van der Waals surface area contributed by atoms with Gasteiger partial charge in [-0.2, -0.15) is 0 Å². The van der Waals surface area contributed by atoms with E-state index in [0.717, 1.165) is 0 Å². The Morgan fingerprint density at radius 3 is 2.56 bits per heavy atom. The molecule has 1 aromatic rings. The normalized spacial score (nSPS) is 17.0. The van der Waals surface area contributed by atoms with Gasteiger partial charge in [-0.1, -0.05) is 13.8 Å². The van der Waals surface area contributed by atoms with Gasteiger partial charge in [0.15, 0.2) is 0 Å². The molecule has 0 saturated carbocycles. The monoisotopic (exact) mass is 348 g/mol. The van der Waals surface area contributed by atoms with Crippen LogP contribution < -0.4 is 20.1 Å². The zero-order chi connectivity index (χ0) is 18.6. The molecule has 0 aromatic heterocycles. The Bertz CT molecular complexity index is 697. The molecule has 2 N–H and O–H groups in total. The maximum Gasteiger partial charge on any atom is 0.338 e. The number of hydrogen-bond acceptors (Lipinski definition) is 5. The van der Waals surface area contributed by atoms with Crippen molar-refractivity contribution in [2.45, 2.75) is 26.8 Å². The molecule has 136 valence electrons. The molecule has 25 heavy (non-hydrogen) atoms. The number of benzene rings is 1. The van der Waals surface area contributed by atoms with Crippen molar-refractivity contribution in [2.24, 2.45) is 5.92 Å². The fourth-order valence-electron chi connectivity index (χ4n) is 2.58. The zero-order valence-electron chi connectivity index (χ0n) is 15.1. The lowest BCUT2D eigenvalue weighted by molar-refractivity contribution is -0.140. The van der Waals surface area contributed by atoms with E-state index in [2.05, 4.69) is 10.6 Å². The molecule has 7 heteroatoms. The quantitative estimate of drug-likeness (QED) is 0.772. The van der Waals surface area contributed by atoms with E-state index in [1.54, 1.807) is 32.2 Å². The first-order chi connectivity index (χ1) is 11.9. The number of rotatable bonds is 6. The summed E-state index contributed by atoms with van der Waals surface area (Å²) in [6, 6.07) is 4.12. The van der Waals surface area contributed by atoms with Crippen molar-refractivity contribution in [1.82, 2.24) is 10.6 Å². The highest BCUT2D eigenvalue weighted by molar-refractivity contribution is 5.95. The van der Waals surface area contributed by atoms with Crippen molar-refractivity contribution >= 4 is 12.0 Å². The van der Waals surface area contributed by atoms with Crippen molar-refractivity contribution in [3.05, 3.63) is 35.0 Å². The summed E-state index contributed by atoms with van der Waals surface area (Å²) in [5.41, 5.74) is 1.41. The Hall–Kier alpha value is -2.70. The fraction of sp³-hybridized carbons (Fsp3) is 0.444. The Morgan fingerprint density at radius 2 is 1.96 bits per heavy atom. The van der Waals surface area contributed by atoms with E-state index in [-0.39, 0.29) is 5.92 Å². The second kappa shape index (κ2) is 7.92. The molecule has 2 rings (SSSR count). The molecule has 1 aliphatic rings. The van der Waals surface area contributed by atoms with Crippen molar-refractivity contribution in [3.8, 4) is 11.5 Å². The van der Waals surface area contributed by atoms with E-state index < -0.39 is 18.0 Å². The smallest absolute Gasteiger partial charge is 0.338 e. The SMILES string of the molecule is COc1ccc(OC)c(C2NC(=O)NC(C)=C2C(=O)OCC(C)C)c1. The largest absolute Gasteiger partial charge is 0.497 e. The highest BCUT2D eigenvalue weighted by Gasteiger charge is 2.34. The second-order valence-corrected chi connectivity index (χ2v) is 6.17. The van der Waals surface area contributed by atoms with Crippen LogP contribution >= 0.6 is 0 Å². The first-order valence-electron chi connectivity index (χ1n) is 8.04. The van der Waals surface area contributed by atoms with Crippen molar-refractivity contribution < 1.29 is 23.8 Å². The summed E-state index contributed by atoms with van der Waals surface area (Å²) in [4.78, 5) is 24.6. The van der Waals surface area contributed by atoms with Gasteiger partial charge >= 0.3 is 12.0 Å². The maximum atomic E-state index is 12.6. The van der Waals surface area contributed by atoms with Gasteiger partial charge in [-0.3, -0.25) is 0 Å². The van der Waals surface area contributed by atoms with Crippen LogP contribution in [0.2, 0.25) is 0 Å². The van der Waals surface area contributed by atoms with Crippen molar-refractivity contribution in [2.75, 3.05) is 20.8 Å². The molecule has 0 fully saturated rings. The third-order valence-corrected chi connectivity index (χ3v) is 3.78. The topological polar surface area (TPSA) is 85.9 Å². The summed E-state index contributed by atoms with van der Waals surface area (Å²) < 4.78 is 16.0. The van der Waals surface area contributed by atoms with Crippen LogP contribution in [-0.4, -0.2) is 32.8 Å². The Morgan fingerprint density at radius 1 is 1.24 bits per heavy atom. The van der Waals surface area contributed by atoms with Gasteiger partial charge in [0.25, 0.3) is 0 Å². The minimum atomic E-state index is -0.696. The van der Waals surface area contributed by atoms with Crippen molar-refractivity contribution in [3.63, 3.8) is 0 Å². The highest BCUT2D eigenvalue weighted by Crippen LogP contribution is 2.35. The van der Waals surface area contributed by atoms with E-state index >= 15 is 0 Å². The maximum absolute atomic E-state index is 12.6. The summed E-state index contributed by atoms with van der Waals surface area (Å²) in [5, 5.41) is 5.38. The molecule has 1 atom stereocenters. The fourth-order valence-corrected chi connectivity index (χ4v) is 2.58. The van der Waals surface area contributed by atoms with Crippen LogP contribution in [0.1, 0.15) is 32.4 Å². The third-order valence-electron chi connectivity index (χ3n) is 3.78. The average molecular weight is 348 g/mol. The standard InChI is InChI=1S/C18H24N2O5/c1-10(2)9-25-17(21)15-11(3)19-18(22)20-16(15)13-8-12(23-4)6-7-14(13)24-5/h6-8,10,16H,9H2,1-5H3,(H2,19,20,22). The van der Waals surface area contributed by atoms with Gasteiger partial charge in [0, 0.05) is 11.3 Å².